The number of sulfone groups is 1. The Hall–Kier alpha value is -2.66. The van der Waals surface area contributed by atoms with Crippen molar-refractivity contribution < 1.29 is 49.1 Å². The highest BCUT2D eigenvalue weighted by Gasteiger charge is 2.73. The number of hydrogen-bond acceptors (Lipinski definition) is 5. The van der Waals surface area contributed by atoms with E-state index in [1.807, 2.05) is 0 Å². The van der Waals surface area contributed by atoms with Gasteiger partial charge in [0.25, 0.3) is 17.4 Å². The minimum absolute atomic E-state index is 0.0643. The van der Waals surface area contributed by atoms with E-state index < -0.39 is 63.1 Å². The van der Waals surface area contributed by atoms with Crippen molar-refractivity contribution in [2.45, 2.75) is 51.2 Å². The lowest BCUT2D eigenvalue weighted by molar-refractivity contribution is -0.387. The van der Waals surface area contributed by atoms with E-state index in [2.05, 4.69) is 21.9 Å². The monoisotopic (exact) mass is 734 g/mol. The van der Waals surface area contributed by atoms with Crippen molar-refractivity contribution in [1.29, 1.82) is 0 Å². The molecular weight excluding hydrogens is 705 g/mol. The number of alkyl halides is 6. The molecule has 0 radical (unpaired) electrons. The molecule has 0 bridgehead atoms. The first-order chi connectivity index (χ1) is 18.9. The van der Waals surface area contributed by atoms with Crippen LogP contribution in [0.1, 0.15) is 52.6 Å². The number of hydrogen-bond donors (Lipinski definition) is 2. The highest BCUT2D eigenvalue weighted by Crippen LogP contribution is 2.53. The van der Waals surface area contributed by atoms with Gasteiger partial charge in [0.15, 0.2) is 0 Å². The van der Waals surface area contributed by atoms with Gasteiger partial charge in [-0.3, -0.25) is 9.59 Å². The van der Waals surface area contributed by atoms with E-state index >= 15 is 0 Å². The van der Waals surface area contributed by atoms with Gasteiger partial charge in [0.1, 0.15) is 9.84 Å². The number of anilines is 1. The second-order valence-electron chi connectivity index (χ2n) is 10.5. The Balaban J connectivity index is 2.51. The summed E-state index contributed by atoms with van der Waals surface area (Å²) in [7, 11) is -3.48. The van der Waals surface area contributed by atoms with Crippen molar-refractivity contribution in [3.63, 3.8) is 0 Å². The Morgan fingerprint density at radius 1 is 1.00 bits per heavy atom. The summed E-state index contributed by atoms with van der Waals surface area (Å²) in [4.78, 5) is 26.4. The molecule has 232 valence electrons. The number of carbonyl (C=O) groups is 2. The summed E-state index contributed by atoms with van der Waals surface area (Å²) >= 11 is 1.80. The molecule has 0 aromatic heterocycles. The fourth-order valence-corrected chi connectivity index (χ4v) is 6.31. The average Bonchev–Trinajstić information content (AvgIpc) is 2.76. The average molecular weight is 734 g/mol. The number of rotatable bonds is 10. The summed E-state index contributed by atoms with van der Waals surface area (Å²) in [6, 6.07) is 6.33. The van der Waals surface area contributed by atoms with Gasteiger partial charge in [-0.25, -0.2) is 8.42 Å². The Kier molecular flexibility index (Phi) is 10.6. The Morgan fingerprint density at radius 2 is 1.57 bits per heavy atom. The van der Waals surface area contributed by atoms with E-state index in [1.165, 1.54) is 45.9 Å². The van der Waals surface area contributed by atoms with Crippen LogP contribution in [0.3, 0.4) is 0 Å². The number of halogens is 7. The number of benzene rings is 2. The van der Waals surface area contributed by atoms with Gasteiger partial charge in [-0.1, -0.05) is 30.4 Å². The minimum atomic E-state index is -5.90. The second-order valence-corrected chi connectivity index (χ2v) is 13.8. The zero-order chi connectivity index (χ0) is 32.5. The van der Waals surface area contributed by atoms with Crippen molar-refractivity contribution >= 4 is 49.9 Å². The first-order valence-corrected chi connectivity index (χ1v) is 15.2. The fourth-order valence-electron chi connectivity index (χ4n) is 4.18. The number of aryl methyl sites for hydroxylation is 1. The molecule has 2 N–H and O–H groups in total. The highest BCUT2D eigenvalue weighted by atomic mass is 127. The fraction of sp³-hybridized carbons (Fsp3) is 0.407. The summed E-state index contributed by atoms with van der Waals surface area (Å²) in [6.45, 7) is 7.66. The Bertz CT molecular complexity index is 1470. The summed E-state index contributed by atoms with van der Waals surface area (Å²) in [6.07, 6.45) is -10.8. The van der Waals surface area contributed by atoms with Gasteiger partial charge in [0.2, 0.25) is 0 Å². The minimum Gasteiger partial charge on any atom is -0.349 e. The predicted octanol–water partition coefficient (Wildman–Crippen LogP) is 6.32. The second kappa shape index (κ2) is 12.5. The number of carbonyl (C=O) groups excluding carboxylic acids is 2. The number of amides is 2. The molecule has 15 heteroatoms. The largest absolute Gasteiger partial charge is 0.430 e. The zero-order valence-electron chi connectivity index (χ0n) is 23.2. The highest BCUT2D eigenvalue weighted by molar-refractivity contribution is 14.1. The van der Waals surface area contributed by atoms with Crippen molar-refractivity contribution in [2.24, 2.45) is 0 Å². The molecular formula is C27H29F6IN2O5S. The molecule has 0 atom stereocenters. The maximum Gasteiger partial charge on any atom is 0.430 e. The first-order valence-electron chi connectivity index (χ1n) is 12.0. The smallest absolute Gasteiger partial charge is 0.349 e. The van der Waals surface area contributed by atoms with Crippen LogP contribution in [-0.4, -0.2) is 56.7 Å². The van der Waals surface area contributed by atoms with Crippen LogP contribution >= 0.6 is 22.6 Å². The Morgan fingerprint density at radius 3 is 2.05 bits per heavy atom. The van der Waals surface area contributed by atoms with Gasteiger partial charge in [-0.05, 0) is 74.0 Å². The van der Waals surface area contributed by atoms with E-state index in [0.717, 1.165) is 12.3 Å². The molecule has 2 rings (SSSR count). The lowest BCUT2D eigenvalue weighted by Gasteiger charge is -2.37. The van der Waals surface area contributed by atoms with Crippen molar-refractivity contribution in [3.8, 4) is 0 Å². The molecule has 2 aromatic rings. The van der Waals surface area contributed by atoms with Crippen molar-refractivity contribution in [2.75, 3.05) is 23.9 Å². The van der Waals surface area contributed by atoms with Crippen LogP contribution in [0.25, 0.3) is 0 Å². The molecule has 0 unspecified atom stereocenters. The predicted molar refractivity (Wildman–Crippen MR) is 154 cm³/mol. The standard InChI is InChI=1S/C27H29F6IN2O5S/c1-15(2)13-41-25(26(28,29)30,27(31,32)33)17-10-11-20(16(3)12-17)35-22(37)18-8-7-9-19(34)21(18)23(38)36-24(4,5)14-42(6,39)40/h7-12H,1,13-14H2,2-6H3,(H,35,37)(H,36,38). The maximum absolute atomic E-state index is 14.0. The van der Waals surface area contributed by atoms with Gasteiger partial charge in [-0.15, -0.1) is 0 Å². The molecule has 0 saturated heterocycles. The summed E-state index contributed by atoms with van der Waals surface area (Å²) in [5.74, 6) is -2.04. The molecule has 0 saturated carbocycles. The third-order valence-electron chi connectivity index (χ3n) is 5.77. The summed E-state index contributed by atoms with van der Waals surface area (Å²) in [5.41, 5.74) is -7.72. The van der Waals surface area contributed by atoms with Crippen LogP contribution in [0.4, 0.5) is 32.0 Å². The van der Waals surface area contributed by atoms with E-state index in [9.17, 15) is 44.3 Å². The van der Waals surface area contributed by atoms with Crippen LogP contribution < -0.4 is 10.6 Å². The number of ether oxygens (including phenoxy) is 1. The molecule has 7 nitrogen and oxygen atoms in total. The van der Waals surface area contributed by atoms with Crippen LogP contribution in [0.2, 0.25) is 0 Å². The topological polar surface area (TPSA) is 102 Å². The first kappa shape index (κ1) is 35.5. The molecule has 0 spiro atoms. The van der Waals surface area contributed by atoms with Crippen molar-refractivity contribution in [1.82, 2.24) is 5.32 Å². The maximum atomic E-state index is 14.0. The van der Waals surface area contributed by atoms with E-state index in [4.69, 9.17) is 0 Å². The van der Waals surface area contributed by atoms with Gasteiger partial charge >= 0.3 is 12.4 Å². The van der Waals surface area contributed by atoms with E-state index in [-0.39, 0.29) is 28.0 Å². The molecule has 2 aromatic carbocycles. The third kappa shape index (κ3) is 8.24. The molecule has 2 amide bonds. The number of nitrogens with one attached hydrogen (secondary N) is 2. The van der Waals surface area contributed by atoms with Gasteiger partial charge in [0, 0.05) is 26.6 Å². The van der Waals surface area contributed by atoms with Gasteiger partial charge in [-0.2, -0.15) is 26.3 Å². The SMILES string of the molecule is C=C(C)COC(c1ccc(NC(=O)c2cccc(I)c2C(=O)NC(C)(C)CS(C)(=O)=O)c(C)c1)(C(F)(F)F)C(F)(F)F. The molecule has 0 fully saturated rings. The van der Waals surface area contributed by atoms with E-state index in [0.29, 0.717) is 15.7 Å². The summed E-state index contributed by atoms with van der Waals surface area (Å²) in [5, 5.41) is 5.00. The van der Waals surface area contributed by atoms with Crippen LogP contribution in [0, 0.1) is 10.5 Å². The van der Waals surface area contributed by atoms with Crippen molar-refractivity contribution in [3.05, 3.63) is 74.4 Å². The third-order valence-corrected chi connectivity index (χ3v) is 7.92. The summed E-state index contributed by atoms with van der Waals surface area (Å²) < 4.78 is 112. The lowest BCUT2D eigenvalue weighted by atomic mass is 9.90. The van der Waals surface area contributed by atoms with Crippen LogP contribution in [0.5, 0.6) is 0 Å². The van der Waals surface area contributed by atoms with Gasteiger partial charge < -0.3 is 15.4 Å². The zero-order valence-corrected chi connectivity index (χ0v) is 26.2. The van der Waals surface area contributed by atoms with Crippen LogP contribution in [-0.2, 0) is 20.2 Å². The molecule has 42 heavy (non-hydrogen) atoms. The lowest BCUT2D eigenvalue weighted by Crippen LogP contribution is -2.56. The van der Waals surface area contributed by atoms with E-state index in [1.54, 1.807) is 22.6 Å². The normalized spacial score (nSPS) is 13.0. The molecule has 0 heterocycles. The molecule has 0 aliphatic heterocycles. The Labute approximate surface area is 253 Å². The molecule has 0 aliphatic carbocycles. The van der Waals surface area contributed by atoms with Gasteiger partial charge in [0.05, 0.1) is 23.5 Å². The molecule has 0 aliphatic rings. The quantitative estimate of drug-likeness (QED) is 0.169. The van der Waals surface area contributed by atoms with Crippen LogP contribution in [0.15, 0.2) is 48.6 Å².